The first kappa shape index (κ1) is 20.2. The van der Waals surface area contributed by atoms with E-state index in [1.807, 2.05) is 59.3 Å². The number of ether oxygens (including phenoxy) is 2. The number of rotatable bonds is 6. The molecule has 0 atom stereocenters. The van der Waals surface area contributed by atoms with E-state index in [-0.39, 0.29) is 0 Å². The molecular formula is C25H25N5O2. The number of hydrogen-bond acceptors (Lipinski definition) is 6. The van der Waals surface area contributed by atoms with Crippen LogP contribution in [0.5, 0.6) is 5.75 Å². The highest BCUT2D eigenvalue weighted by Crippen LogP contribution is 2.24. The molecule has 0 bridgehead atoms. The van der Waals surface area contributed by atoms with Crippen LogP contribution in [0.25, 0.3) is 16.9 Å². The molecule has 0 N–H and O–H groups in total. The molecule has 0 unspecified atom stereocenters. The van der Waals surface area contributed by atoms with E-state index in [1.165, 1.54) is 0 Å². The van der Waals surface area contributed by atoms with Crippen LogP contribution in [-0.2, 0) is 11.3 Å². The fourth-order valence-electron chi connectivity index (χ4n) is 3.79. The molecule has 0 aliphatic carbocycles. The fourth-order valence-corrected chi connectivity index (χ4v) is 3.79. The van der Waals surface area contributed by atoms with E-state index in [1.54, 1.807) is 7.11 Å². The molecule has 0 saturated carbocycles. The van der Waals surface area contributed by atoms with Crippen LogP contribution in [0.2, 0.25) is 0 Å². The first-order valence-corrected chi connectivity index (χ1v) is 10.7. The Morgan fingerprint density at radius 1 is 1.03 bits per heavy atom. The van der Waals surface area contributed by atoms with Crippen LogP contribution in [-0.4, -0.2) is 54.2 Å². The van der Waals surface area contributed by atoms with Crippen LogP contribution >= 0.6 is 0 Å². The van der Waals surface area contributed by atoms with Crippen LogP contribution in [0, 0.1) is 0 Å². The number of morpholine rings is 1. The maximum atomic E-state index is 5.55. The first-order valence-electron chi connectivity index (χ1n) is 10.7. The molecule has 0 spiro atoms. The Balaban J connectivity index is 1.47. The van der Waals surface area contributed by atoms with Gasteiger partial charge in [0.25, 0.3) is 0 Å². The zero-order chi connectivity index (χ0) is 21.8. The van der Waals surface area contributed by atoms with E-state index in [0.717, 1.165) is 52.8 Å². The predicted molar refractivity (Wildman–Crippen MR) is 126 cm³/mol. The van der Waals surface area contributed by atoms with E-state index in [2.05, 4.69) is 28.1 Å². The normalized spacial score (nSPS) is 14.3. The highest BCUT2D eigenvalue weighted by Gasteiger charge is 2.18. The Hall–Kier alpha value is -3.71. The molecule has 7 nitrogen and oxygen atoms in total. The molecule has 2 aromatic heterocycles. The third-order valence-electron chi connectivity index (χ3n) is 5.48. The van der Waals surface area contributed by atoms with Crippen molar-refractivity contribution in [1.82, 2.24) is 14.6 Å². The summed E-state index contributed by atoms with van der Waals surface area (Å²) in [6.45, 7) is 3.57. The summed E-state index contributed by atoms with van der Waals surface area (Å²) < 4.78 is 12.7. The standard InChI is InChI=1S/C25H25N5O2/c1-31-22-9-7-19(8-10-22)17-26-18-21-15-25(29-11-13-32-14-12-29)30-24(27-21)16-23(28-30)20-5-3-2-4-6-20/h2-10,15-17H,11-14,18H2,1H3. The molecular weight excluding hydrogens is 402 g/mol. The van der Waals surface area contributed by atoms with Gasteiger partial charge < -0.3 is 14.4 Å². The van der Waals surface area contributed by atoms with Gasteiger partial charge in [0.05, 0.1) is 38.3 Å². The fraction of sp³-hybridized carbons (Fsp3) is 0.240. The molecule has 7 heteroatoms. The monoisotopic (exact) mass is 427 g/mol. The van der Waals surface area contributed by atoms with Crippen LogP contribution in [0.15, 0.2) is 71.7 Å². The number of fused-ring (bicyclic) bond motifs is 1. The number of hydrogen-bond donors (Lipinski definition) is 0. The van der Waals surface area contributed by atoms with Gasteiger partial charge in [-0.05, 0) is 29.8 Å². The Morgan fingerprint density at radius 2 is 1.81 bits per heavy atom. The maximum Gasteiger partial charge on any atom is 0.158 e. The summed E-state index contributed by atoms with van der Waals surface area (Å²) in [7, 11) is 1.66. The minimum absolute atomic E-state index is 0.492. The third kappa shape index (κ3) is 4.33. The van der Waals surface area contributed by atoms with Gasteiger partial charge in [0.2, 0.25) is 0 Å². The van der Waals surface area contributed by atoms with Gasteiger partial charge >= 0.3 is 0 Å². The predicted octanol–water partition coefficient (Wildman–Crippen LogP) is 3.86. The molecule has 1 aliphatic rings. The highest BCUT2D eigenvalue weighted by molar-refractivity contribution is 5.79. The molecule has 1 saturated heterocycles. The summed E-state index contributed by atoms with van der Waals surface area (Å²) >= 11 is 0. The van der Waals surface area contributed by atoms with Gasteiger partial charge in [-0.1, -0.05) is 30.3 Å². The molecule has 5 rings (SSSR count). The molecule has 0 amide bonds. The van der Waals surface area contributed by atoms with E-state index in [0.29, 0.717) is 19.8 Å². The minimum atomic E-state index is 0.492. The Labute approximate surface area is 187 Å². The van der Waals surface area contributed by atoms with Gasteiger partial charge in [0.1, 0.15) is 11.6 Å². The summed E-state index contributed by atoms with van der Waals surface area (Å²) in [6.07, 6.45) is 1.87. The van der Waals surface area contributed by atoms with Crippen molar-refractivity contribution in [3.05, 3.63) is 78.0 Å². The number of benzene rings is 2. The van der Waals surface area contributed by atoms with Crippen molar-refractivity contribution in [1.29, 1.82) is 0 Å². The largest absolute Gasteiger partial charge is 0.497 e. The molecule has 32 heavy (non-hydrogen) atoms. The van der Waals surface area contributed by atoms with Crippen molar-refractivity contribution in [2.45, 2.75) is 6.54 Å². The van der Waals surface area contributed by atoms with Crippen molar-refractivity contribution >= 4 is 17.7 Å². The van der Waals surface area contributed by atoms with Crippen LogP contribution in [0.1, 0.15) is 11.3 Å². The Kier molecular flexibility index (Phi) is 5.81. The third-order valence-corrected chi connectivity index (χ3v) is 5.48. The van der Waals surface area contributed by atoms with Gasteiger partial charge in [-0.25, -0.2) is 4.98 Å². The summed E-state index contributed by atoms with van der Waals surface area (Å²) in [4.78, 5) is 11.8. The topological polar surface area (TPSA) is 64.2 Å². The zero-order valence-corrected chi connectivity index (χ0v) is 18.0. The average molecular weight is 428 g/mol. The van der Waals surface area contributed by atoms with Gasteiger partial charge in [0, 0.05) is 37.0 Å². The SMILES string of the molecule is COc1ccc(C=NCc2cc(N3CCOCC3)n3nc(-c4ccccc4)cc3n2)cc1. The number of methoxy groups -OCH3 is 1. The van der Waals surface area contributed by atoms with E-state index in [4.69, 9.17) is 19.6 Å². The molecule has 3 heterocycles. The van der Waals surface area contributed by atoms with E-state index >= 15 is 0 Å². The second kappa shape index (κ2) is 9.20. The van der Waals surface area contributed by atoms with Crippen LogP contribution in [0.3, 0.4) is 0 Å². The van der Waals surface area contributed by atoms with E-state index in [9.17, 15) is 0 Å². The van der Waals surface area contributed by atoms with Gasteiger partial charge in [-0.3, -0.25) is 4.99 Å². The average Bonchev–Trinajstić information content (AvgIpc) is 3.29. The van der Waals surface area contributed by atoms with Crippen LogP contribution in [0.4, 0.5) is 5.82 Å². The van der Waals surface area contributed by atoms with Crippen molar-refractivity contribution in [3.8, 4) is 17.0 Å². The molecule has 0 radical (unpaired) electrons. The smallest absolute Gasteiger partial charge is 0.158 e. The summed E-state index contributed by atoms with van der Waals surface area (Å²) in [5.41, 5.74) is 4.73. The lowest BCUT2D eigenvalue weighted by molar-refractivity contribution is 0.122. The highest BCUT2D eigenvalue weighted by atomic mass is 16.5. The van der Waals surface area contributed by atoms with Gasteiger partial charge in [-0.2, -0.15) is 9.61 Å². The van der Waals surface area contributed by atoms with Crippen molar-refractivity contribution < 1.29 is 9.47 Å². The molecule has 2 aromatic carbocycles. The summed E-state index contributed by atoms with van der Waals surface area (Å²) in [5.74, 6) is 1.86. The second-order valence-electron chi connectivity index (χ2n) is 7.61. The number of anilines is 1. The molecule has 4 aromatic rings. The molecule has 1 aliphatic heterocycles. The van der Waals surface area contributed by atoms with Crippen molar-refractivity contribution in [2.24, 2.45) is 4.99 Å². The number of nitrogens with zero attached hydrogens (tertiary/aromatic N) is 5. The van der Waals surface area contributed by atoms with Gasteiger partial charge in [0.15, 0.2) is 5.65 Å². The lowest BCUT2D eigenvalue weighted by atomic mass is 10.2. The second-order valence-corrected chi connectivity index (χ2v) is 7.61. The summed E-state index contributed by atoms with van der Waals surface area (Å²) in [5, 5.41) is 4.86. The van der Waals surface area contributed by atoms with Crippen molar-refractivity contribution in [2.75, 3.05) is 38.3 Å². The Morgan fingerprint density at radius 3 is 2.56 bits per heavy atom. The lowest BCUT2D eigenvalue weighted by Crippen LogP contribution is -2.37. The number of aromatic nitrogens is 3. The molecule has 1 fully saturated rings. The first-order chi connectivity index (χ1) is 15.8. The minimum Gasteiger partial charge on any atom is -0.497 e. The van der Waals surface area contributed by atoms with Crippen LogP contribution < -0.4 is 9.64 Å². The summed E-state index contributed by atoms with van der Waals surface area (Å²) in [6, 6.07) is 22.1. The maximum absolute atomic E-state index is 5.55. The Bertz CT molecular complexity index is 1210. The lowest BCUT2D eigenvalue weighted by Gasteiger charge is -2.29. The molecule has 162 valence electrons. The van der Waals surface area contributed by atoms with Gasteiger partial charge in [-0.15, -0.1) is 0 Å². The van der Waals surface area contributed by atoms with E-state index < -0.39 is 0 Å². The number of aliphatic imine (C=N–C) groups is 1. The quantitative estimate of drug-likeness (QED) is 0.437. The zero-order valence-electron chi connectivity index (χ0n) is 18.0. The van der Waals surface area contributed by atoms with Crippen molar-refractivity contribution in [3.63, 3.8) is 0 Å².